The molecule has 0 spiro atoms. The molecule has 0 saturated heterocycles. The van der Waals surface area contributed by atoms with Crippen molar-refractivity contribution in [2.24, 2.45) is 7.05 Å². The standard InChI is InChI=1S/C22H23N3O2/c1-24-15-21(13-23-24)18-4-2-3-16(11-18)14-25-9-7-17-5-6-20(22(26)27)12-19(17)8-10-25/h2-6,11-13,15H,7-10,14H2,1H3,(H,26,27). The summed E-state index contributed by atoms with van der Waals surface area (Å²) in [6.07, 6.45) is 5.76. The molecule has 2 aromatic carbocycles. The first-order chi connectivity index (χ1) is 13.1. The first kappa shape index (κ1) is 17.5. The molecule has 4 rings (SSSR count). The molecule has 0 bridgehead atoms. The SMILES string of the molecule is Cn1cc(-c2cccc(CN3CCc4ccc(C(=O)O)cc4CC3)c2)cn1. The number of aryl methyl sites for hydroxylation is 1. The van der Waals surface area contributed by atoms with Gasteiger partial charge in [0.15, 0.2) is 0 Å². The fourth-order valence-electron chi connectivity index (χ4n) is 3.74. The van der Waals surface area contributed by atoms with E-state index in [0.717, 1.165) is 38.0 Å². The summed E-state index contributed by atoms with van der Waals surface area (Å²) in [5.74, 6) is -0.855. The van der Waals surface area contributed by atoms with Crippen molar-refractivity contribution in [3.05, 3.63) is 77.1 Å². The number of hydrogen-bond acceptors (Lipinski definition) is 3. The second-order valence-electron chi connectivity index (χ2n) is 7.17. The Labute approximate surface area is 158 Å². The Bertz CT molecular complexity index is 977. The van der Waals surface area contributed by atoms with Crippen LogP contribution in [-0.2, 0) is 26.4 Å². The zero-order chi connectivity index (χ0) is 18.8. The Morgan fingerprint density at radius 1 is 1.07 bits per heavy atom. The van der Waals surface area contributed by atoms with Crippen LogP contribution in [0.15, 0.2) is 54.9 Å². The van der Waals surface area contributed by atoms with Crippen molar-refractivity contribution in [3.8, 4) is 11.1 Å². The van der Waals surface area contributed by atoms with Crippen LogP contribution in [0.1, 0.15) is 27.0 Å². The lowest BCUT2D eigenvalue weighted by molar-refractivity contribution is 0.0696. The predicted octanol–water partition coefficient (Wildman–Crippen LogP) is 3.39. The first-order valence-electron chi connectivity index (χ1n) is 9.24. The number of nitrogens with zero attached hydrogens (tertiary/aromatic N) is 3. The highest BCUT2D eigenvalue weighted by molar-refractivity contribution is 5.87. The summed E-state index contributed by atoms with van der Waals surface area (Å²) in [6.45, 7) is 2.82. The molecule has 0 amide bonds. The van der Waals surface area contributed by atoms with Crippen molar-refractivity contribution in [1.82, 2.24) is 14.7 Å². The van der Waals surface area contributed by atoms with Crippen LogP contribution in [0.2, 0.25) is 0 Å². The summed E-state index contributed by atoms with van der Waals surface area (Å²) in [4.78, 5) is 13.7. The maximum absolute atomic E-state index is 11.2. The highest BCUT2D eigenvalue weighted by Crippen LogP contribution is 2.22. The Morgan fingerprint density at radius 3 is 2.63 bits per heavy atom. The topological polar surface area (TPSA) is 58.4 Å². The molecular weight excluding hydrogens is 338 g/mol. The Hall–Kier alpha value is -2.92. The zero-order valence-corrected chi connectivity index (χ0v) is 15.4. The van der Waals surface area contributed by atoms with Gasteiger partial charge in [0.25, 0.3) is 0 Å². The number of benzene rings is 2. The molecule has 0 saturated carbocycles. The maximum atomic E-state index is 11.2. The Balaban J connectivity index is 1.47. The number of rotatable bonds is 4. The molecule has 0 unspecified atom stereocenters. The molecule has 0 atom stereocenters. The molecule has 1 aromatic heterocycles. The summed E-state index contributed by atoms with van der Waals surface area (Å²) in [7, 11) is 1.93. The number of carboxylic acid groups (broad SMARTS) is 1. The molecule has 0 aliphatic carbocycles. The average molecular weight is 361 g/mol. The summed E-state index contributed by atoms with van der Waals surface area (Å²) < 4.78 is 1.82. The van der Waals surface area contributed by atoms with Gasteiger partial charge in [-0.1, -0.05) is 24.3 Å². The molecule has 5 nitrogen and oxygen atoms in total. The number of aromatic nitrogens is 2. The van der Waals surface area contributed by atoms with E-state index in [1.165, 1.54) is 22.3 Å². The molecule has 27 heavy (non-hydrogen) atoms. The normalized spacial score (nSPS) is 14.6. The van der Waals surface area contributed by atoms with E-state index in [9.17, 15) is 9.90 Å². The van der Waals surface area contributed by atoms with Gasteiger partial charge in [0, 0.05) is 38.4 Å². The van der Waals surface area contributed by atoms with Gasteiger partial charge in [0.2, 0.25) is 0 Å². The molecule has 5 heteroatoms. The number of carbonyl (C=O) groups is 1. The van der Waals surface area contributed by atoms with Crippen LogP contribution in [-0.4, -0.2) is 38.8 Å². The number of fused-ring (bicyclic) bond motifs is 1. The summed E-state index contributed by atoms with van der Waals surface area (Å²) in [5.41, 5.74) is 6.42. The van der Waals surface area contributed by atoms with Gasteiger partial charge in [0.05, 0.1) is 11.8 Å². The van der Waals surface area contributed by atoms with E-state index in [0.29, 0.717) is 5.56 Å². The van der Waals surface area contributed by atoms with Crippen LogP contribution in [0, 0.1) is 0 Å². The second-order valence-corrected chi connectivity index (χ2v) is 7.17. The predicted molar refractivity (Wildman–Crippen MR) is 105 cm³/mol. The summed E-state index contributed by atoms with van der Waals surface area (Å²) >= 11 is 0. The average Bonchev–Trinajstić information content (AvgIpc) is 3.00. The molecule has 0 radical (unpaired) electrons. The van der Waals surface area contributed by atoms with Crippen LogP contribution in [0.3, 0.4) is 0 Å². The minimum absolute atomic E-state index is 0.381. The van der Waals surface area contributed by atoms with Crippen LogP contribution < -0.4 is 0 Å². The molecular formula is C22H23N3O2. The van der Waals surface area contributed by atoms with E-state index < -0.39 is 5.97 Å². The third-order valence-electron chi connectivity index (χ3n) is 5.22. The van der Waals surface area contributed by atoms with E-state index in [4.69, 9.17) is 0 Å². The zero-order valence-electron chi connectivity index (χ0n) is 15.4. The van der Waals surface area contributed by atoms with Gasteiger partial charge in [-0.05, 0) is 53.3 Å². The van der Waals surface area contributed by atoms with Crippen LogP contribution in [0.4, 0.5) is 0 Å². The lowest BCUT2D eigenvalue weighted by Gasteiger charge is -2.20. The third kappa shape index (κ3) is 3.93. The van der Waals surface area contributed by atoms with E-state index in [1.54, 1.807) is 6.07 Å². The van der Waals surface area contributed by atoms with Crippen molar-refractivity contribution in [2.45, 2.75) is 19.4 Å². The van der Waals surface area contributed by atoms with Crippen molar-refractivity contribution >= 4 is 5.97 Å². The molecule has 138 valence electrons. The van der Waals surface area contributed by atoms with Gasteiger partial charge < -0.3 is 5.11 Å². The van der Waals surface area contributed by atoms with Crippen LogP contribution in [0.5, 0.6) is 0 Å². The van der Waals surface area contributed by atoms with Crippen molar-refractivity contribution in [2.75, 3.05) is 13.1 Å². The smallest absolute Gasteiger partial charge is 0.335 e. The molecule has 0 fully saturated rings. The molecule has 1 aliphatic rings. The van der Waals surface area contributed by atoms with Gasteiger partial charge in [0.1, 0.15) is 0 Å². The van der Waals surface area contributed by atoms with Crippen LogP contribution in [0.25, 0.3) is 11.1 Å². The summed E-state index contributed by atoms with van der Waals surface area (Å²) in [6, 6.07) is 14.2. The van der Waals surface area contributed by atoms with E-state index in [1.807, 2.05) is 36.3 Å². The molecule has 2 heterocycles. The first-order valence-corrected chi connectivity index (χ1v) is 9.24. The highest BCUT2D eigenvalue weighted by Gasteiger charge is 2.16. The van der Waals surface area contributed by atoms with Crippen molar-refractivity contribution in [3.63, 3.8) is 0 Å². The molecule has 1 aliphatic heterocycles. The maximum Gasteiger partial charge on any atom is 0.335 e. The van der Waals surface area contributed by atoms with Crippen LogP contribution >= 0.6 is 0 Å². The van der Waals surface area contributed by atoms with Gasteiger partial charge in [-0.15, -0.1) is 0 Å². The van der Waals surface area contributed by atoms with E-state index in [2.05, 4.69) is 34.3 Å². The Kier molecular flexibility index (Phi) is 4.77. The quantitative estimate of drug-likeness (QED) is 0.774. The molecule has 1 N–H and O–H groups in total. The van der Waals surface area contributed by atoms with Crippen molar-refractivity contribution < 1.29 is 9.90 Å². The second kappa shape index (κ2) is 7.37. The van der Waals surface area contributed by atoms with Gasteiger partial charge in [-0.2, -0.15) is 5.10 Å². The lowest BCUT2D eigenvalue weighted by atomic mass is 10.0. The summed E-state index contributed by atoms with van der Waals surface area (Å²) in [5, 5.41) is 13.5. The van der Waals surface area contributed by atoms with E-state index in [-0.39, 0.29) is 0 Å². The fourth-order valence-corrected chi connectivity index (χ4v) is 3.74. The minimum Gasteiger partial charge on any atom is -0.478 e. The monoisotopic (exact) mass is 361 g/mol. The lowest BCUT2D eigenvalue weighted by Crippen LogP contribution is -2.25. The highest BCUT2D eigenvalue weighted by atomic mass is 16.4. The number of hydrogen-bond donors (Lipinski definition) is 1. The Morgan fingerprint density at radius 2 is 1.89 bits per heavy atom. The van der Waals surface area contributed by atoms with E-state index >= 15 is 0 Å². The van der Waals surface area contributed by atoms with Gasteiger partial charge in [-0.3, -0.25) is 9.58 Å². The molecule has 3 aromatic rings. The van der Waals surface area contributed by atoms with Gasteiger partial charge in [-0.25, -0.2) is 4.79 Å². The number of aromatic carboxylic acids is 1. The largest absolute Gasteiger partial charge is 0.478 e. The van der Waals surface area contributed by atoms with Crippen molar-refractivity contribution in [1.29, 1.82) is 0 Å². The van der Waals surface area contributed by atoms with Gasteiger partial charge >= 0.3 is 5.97 Å². The number of carboxylic acids is 1. The third-order valence-corrected chi connectivity index (χ3v) is 5.22. The minimum atomic E-state index is -0.855. The fraction of sp³-hybridized carbons (Fsp3) is 0.273.